The van der Waals surface area contributed by atoms with Crippen LogP contribution in [0.2, 0.25) is 0 Å². The van der Waals surface area contributed by atoms with Crippen LogP contribution in [0.3, 0.4) is 0 Å². The van der Waals surface area contributed by atoms with Crippen molar-refractivity contribution in [3.8, 4) is 0 Å². The van der Waals surface area contributed by atoms with Gasteiger partial charge < -0.3 is 0 Å². The monoisotopic (exact) mass is 352 g/mol. The molecule has 0 aliphatic heterocycles. The lowest BCUT2D eigenvalue weighted by Crippen LogP contribution is -2.23. The van der Waals surface area contributed by atoms with Crippen LogP contribution in [0.4, 0.5) is 0 Å². The Balaban J connectivity index is 0.00000225. The molecule has 92 valence electrons. The molecule has 2 heteroatoms. The van der Waals surface area contributed by atoms with Gasteiger partial charge in [0.1, 0.15) is 0 Å². The SMILES string of the molecule is CC(C)(C)c1cccc(I)c1C(C)(C)C.Cl. The number of hydrogen-bond donors (Lipinski definition) is 0. The second-order valence-corrected chi connectivity index (χ2v) is 7.32. The molecule has 0 aromatic heterocycles. The minimum Gasteiger partial charge on any atom is -0.147 e. The van der Waals surface area contributed by atoms with E-state index in [9.17, 15) is 0 Å². The predicted octanol–water partition coefficient (Wildman–Crippen LogP) is 5.31. The fraction of sp³-hybridized carbons (Fsp3) is 0.571. The number of hydrogen-bond acceptors (Lipinski definition) is 0. The zero-order valence-electron chi connectivity index (χ0n) is 11.0. The van der Waals surface area contributed by atoms with Crippen LogP contribution >= 0.6 is 35.0 Å². The van der Waals surface area contributed by atoms with Gasteiger partial charge in [-0.05, 0) is 50.6 Å². The molecule has 0 saturated carbocycles. The van der Waals surface area contributed by atoms with Crippen molar-refractivity contribution in [2.75, 3.05) is 0 Å². The highest BCUT2D eigenvalue weighted by molar-refractivity contribution is 14.1. The van der Waals surface area contributed by atoms with Gasteiger partial charge in [-0.25, -0.2) is 0 Å². The van der Waals surface area contributed by atoms with Gasteiger partial charge in [0.2, 0.25) is 0 Å². The molecule has 0 unspecified atom stereocenters. The molecule has 0 bridgehead atoms. The molecule has 0 heterocycles. The Labute approximate surface area is 120 Å². The summed E-state index contributed by atoms with van der Waals surface area (Å²) in [7, 11) is 0. The lowest BCUT2D eigenvalue weighted by atomic mass is 9.75. The summed E-state index contributed by atoms with van der Waals surface area (Å²) in [6, 6.07) is 6.64. The van der Waals surface area contributed by atoms with Gasteiger partial charge in [0.15, 0.2) is 0 Å². The van der Waals surface area contributed by atoms with Crippen molar-refractivity contribution in [2.45, 2.75) is 52.4 Å². The number of benzene rings is 1. The molecule has 0 amide bonds. The molecule has 0 fully saturated rings. The molecule has 0 saturated heterocycles. The average Bonchev–Trinajstić information content (AvgIpc) is 1.99. The largest absolute Gasteiger partial charge is 0.147 e. The first kappa shape index (κ1) is 16.2. The normalized spacial score (nSPS) is 12.2. The van der Waals surface area contributed by atoms with Crippen LogP contribution in [-0.2, 0) is 10.8 Å². The highest BCUT2D eigenvalue weighted by Gasteiger charge is 2.26. The summed E-state index contributed by atoms with van der Waals surface area (Å²) in [5.74, 6) is 0. The third-order valence-corrected chi connectivity index (χ3v) is 3.47. The third-order valence-electron chi connectivity index (χ3n) is 2.57. The maximum atomic E-state index is 2.45. The molecule has 1 aromatic carbocycles. The molecule has 0 N–H and O–H groups in total. The van der Waals surface area contributed by atoms with Gasteiger partial charge in [-0.3, -0.25) is 0 Å². The first-order valence-electron chi connectivity index (χ1n) is 5.43. The summed E-state index contributed by atoms with van der Waals surface area (Å²) < 4.78 is 1.38. The summed E-state index contributed by atoms with van der Waals surface area (Å²) in [4.78, 5) is 0. The molecule has 1 aromatic rings. The van der Waals surface area contributed by atoms with Gasteiger partial charge in [0, 0.05) is 3.57 Å². The van der Waals surface area contributed by atoms with Crippen molar-refractivity contribution in [2.24, 2.45) is 0 Å². The quantitative estimate of drug-likeness (QED) is 0.555. The highest BCUT2D eigenvalue weighted by atomic mass is 127. The lowest BCUT2D eigenvalue weighted by Gasteiger charge is -2.31. The minimum absolute atomic E-state index is 0. The van der Waals surface area contributed by atoms with Crippen molar-refractivity contribution in [3.63, 3.8) is 0 Å². The first-order valence-corrected chi connectivity index (χ1v) is 6.51. The van der Waals surface area contributed by atoms with Crippen molar-refractivity contribution in [1.82, 2.24) is 0 Å². The molecule has 0 spiro atoms. The molecule has 0 aliphatic rings. The molecule has 1 rings (SSSR count). The van der Waals surface area contributed by atoms with Crippen LogP contribution < -0.4 is 0 Å². The molecule has 16 heavy (non-hydrogen) atoms. The van der Waals surface area contributed by atoms with Crippen LogP contribution in [0.1, 0.15) is 52.7 Å². The Morgan fingerprint density at radius 2 is 1.38 bits per heavy atom. The summed E-state index contributed by atoms with van der Waals surface area (Å²) in [5.41, 5.74) is 3.42. The maximum Gasteiger partial charge on any atom is 0.0170 e. The first-order chi connectivity index (χ1) is 6.64. The van der Waals surface area contributed by atoms with Crippen molar-refractivity contribution < 1.29 is 0 Å². The topological polar surface area (TPSA) is 0 Å². The average molecular weight is 353 g/mol. The van der Waals surface area contributed by atoms with Gasteiger partial charge in [-0.2, -0.15) is 0 Å². The Morgan fingerprint density at radius 3 is 1.69 bits per heavy atom. The zero-order chi connectivity index (χ0) is 11.9. The second-order valence-electron chi connectivity index (χ2n) is 6.16. The zero-order valence-corrected chi connectivity index (χ0v) is 14.0. The fourth-order valence-electron chi connectivity index (χ4n) is 1.91. The van der Waals surface area contributed by atoms with Gasteiger partial charge in [0.25, 0.3) is 0 Å². The van der Waals surface area contributed by atoms with Gasteiger partial charge in [-0.1, -0.05) is 53.7 Å². The van der Waals surface area contributed by atoms with Crippen LogP contribution in [0.25, 0.3) is 0 Å². The Hall–Kier alpha value is 0.240. The molecular formula is C14H22ClI. The highest BCUT2D eigenvalue weighted by Crippen LogP contribution is 2.36. The molecule has 0 aliphatic carbocycles. The third kappa shape index (κ3) is 3.63. The van der Waals surface area contributed by atoms with E-state index in [1.165, 1.54) is 14.7 Å². The van der Waals surface area contributed by atoms with E-state index in [2.05, 4.69) is 82.3 Å². The van der Waals surface area contributed by atoms with E-state index in [-0.39, 0.29) is 23.2 Å². The molecule has 0 nitrogen and oxygen atoms in total. The van der Waals surface area contributed by atoms with E-state index in [4.69, 9.17) is 0 Å². The van der Waals surface area contributed by atoms with Gasteiger partial charge in [0.05, 0.1) is 0 Å². The predicted molar refractivity (Wildman–Crippen MR) is 83.8 cm³/mol. The van der Waals surface area contributed by atoms with Crippen LogP contribution in [0.5, 0.6) is 0 Å². The van der Waals surface area contributed by atoms with Crippen molar-refractivity contribution >= 4 is 35.0 Å². The lowest BCUT2D eigenvalue weighted by molar-refractivity contribution is 0.527. The van der Waals surface area contributed by atoms with Crippen LogP contribution in [-0.4, -0.2) is 0 Å². The van der Waals surface area contributed by atoms with Crippen molar-refractivity contribution in [1.29, 1.82) is 0 Å². The standard InChI is InChI=1S/C14H21I.ClH/c1-13(2,3)10-8-7-9-11(15)12(10)14(4,5)6;/h7-9H,1-6H3;1H. The summed E-state index contributed by atoms with van der Waals surface area (Å²) in [6.45, 7) is 13.7. The Morgan fingerprint density at radius 1 is 0.875 bits per heavy atom. The van der Waals surface area contributed by atoms with Crippen LogP contribution in [0.15, 0.2) is 18.2 Å². The van der Waals surface area contributed by atoms with E-state index in [1.807, 2.05) is 0 Å². The number of rotatable bonds is 0. The summed E-state index contributed by atoms with van der Waals surface area (Å²) in [5, 5.41) is 0. The van der Waals surface area contributed by atoms with Crippen LogP contribution in [0, 0.1) is 3.57 Å². The fourth-order valence-corrected chi connectivity index (χ4v) is 3.22. The smallest absolute Gasteiger partial charge is 0.0170 e. The molecule has 0 radical (unpaired) electrons. The maximum absolute atomic E-state index is 2.45. The summed E-state index contributed by atoms with van der Waals surface area (Å²) >= 11 is 2.45. The molecular weight excluding hydrogens is 331 g/mol. The minimum atomic E-state index is 0. The van der Waals surface area contributed by atoms with E-state index in [0.29, 0.717) is 0 Å². The van der Waals surface area contributed by atoms with Gasteiger partial charge >= 0.3 is 0 Å². The van der Waals surface area contributed by atoms with E-state index in [0.717, 1.165) is 0 Å². The van der Waals surface area contributed by atoms with E-state index in [1.54, 1.807) is 0 Å². The Bertz CT molecular complexity index is 356. The number of halogens is 2. The second kappa shape index (κ2) is 5.26. The Kier molecular flexibility index (Phi) is 5.34. The van der Waals surface area contributed by atoms with Gasteiger partial charge in [-0.15, -0.1) is 12.4 Å². The molecule has 0 atom stereocenters. The van der Waals surface area contributed by atoms with E-state index >= 15 is 0 Å². The van der Waals surface area contributed by atoms with Crippen molar-refractivity contribution in [3.05, 3.63) is 32.9 Å². The summed E-state index contributed by atoms with van der Waals surface area (Å²) in [6.07, 6.45) is 0. The van der Waals surface area contributed by atoms with E-state index < -0.39 is 0 Å².